The maximum atomic E-state index is 12.6. The molecule has 5 nitrogen and oxygen atoms in total. The van der Waals surface area contributed by atoms with Crippen molar-refractivity contribution in [2.75, 3.05) is 19.3 Å². The lowest BCUT2D eigenvalue weighted by atomic mass is 9.93. The summed E-state index contributed by atoms with van der Waals surface area (Å²) < 4.78 is -0.364. The molecule has 1 aliphatic rings. The highest BCUT2D eigenvalue weighted by Crippen LogP contribution is 2.35. The third-order valence-electron chi connectivity index (χ3n) is 4.20. The number of benzene rings is 1. The molecule has 0 spiro atoms. The van der Waals surface area contributed by atoms with Gasteiger partial charge in [-0.3, -0.25) is 4.79 Å². The first kappa shape index (κ1) is 15.7. The Kier molecular flexibility index (Phi) is 4.77. The van der Waals surface area contributed by atoms with E-state index < -0.39 is 0 Å². The molecule has 2 rings (SSSR count). The van der Waals surface area contributed by atoms with Gasteiger partial charge in [0.25, 0.3) is 5.91 Å². The molecule has 1 aromatic carbocycles. The Bertz CT molecular complexity index is 552. The summed E-state index contributed by atoms with van der Waals surface area (Å²) in [5, 5.41) is 12.1. The van der Waals surface area contributed by atoms with Gasteiger partial charge in [-0.05, 0) is 37.7 Å². The third kappa shape index (κ3) is 3.00. The number of hydrogen-bond acceptors (Lipinski definition) is 4. The minimum Gasteiger partial charge on any atom is -0.409 e. The fraction of sp³-hybridized carbons (Fsp3) is 0.467. The van der Waals surface area contributed by atoms with Crippen molar-refractivity contribution in [2.24, 2.45) is 10.9 Å². The zero-order chi connectivity index (χ0) is 15.5. The van der Waals surface area contributed by atoms with Gasteiger partial charge >= 0.3 is 0 Å². The molecule has 1 amide bonds. The Hall–Kier alpha value is -1.69. The van der Waals surface area contributed by atoms with E-state index >= 15 is 0 Å². The largest absolute Gasteiger partial charge is 0.409 e. The van der Waals surface area contributed by atoms with Crippen LogP contribution in [0.3, 0.4) is 0 Å². The second-order valence-electron chi connectivity index (χ2n) is 5.29. The van der Waals surface area contributed by atoms with Crippen molar-refractivity contribution in [3.8, 4) is 0 Å². The number of amides is 1. The van der Waals surface area contributed by atoms with Gasteiger partial charge in [0.15, 0.2) is 5.84 Å². The lowest BCUT2D eigenvalue weighted by Gasteiger charge is -2.39. The van der Waals surface area contributed by atoms with Crippen molar-refractivity contribution in [3.63, 3.8) is 0 Å². The van der Waals surface area contributed by atoms with Crippen LogP contribution in [0.15, 0.2) is 29.4 Å². The molecule has 0 aliphatic carbocycles. The summed E-state index contributed by atoms with van der Waals surface area (Å²) in [6.07, 6.45) is 3.35. The van der Waals surface area contributed by atoms with Gasteiger partial charge < -0.3 is 15.8 Å². The number of amidine groups is 1. The van der Waals surface area contributed by atoms with Gasteiger partial charge in [-0.25, -0.2) is 0 Å². The Morgan fingerprint density at radius 1 is 1.38 bits per heavy atom. The average Bonchev–Trinajstić information content (AvgIpc) is 2.54. The molecule has 114 valence electrons. The SMILES string of the molecule is CSC1(C(N)=NO)CCN(C(=O)c2ccccc2C)CC1. The Balaban J connectivity index is 2.11. The van der Waals surface area contributed by atoms with E-state index in [1.165, 1.54) is 0 Å². The number of rotatable bonds is 3. The Morgan fingerprint density at radius 3 is 2.52 bits per heavy atom. The van der Waals surface area contributed by atoms with Crippen LogP contribution in [0.25, 0.3) is 0 Å². The van der Waals surface area contributed by atoms with Gasteiger partial charge in [0.2, 0.25) is 0 Å². The van der Waals surface area contributed by atoms with Crippen molar-refractivity contribution in [1.29, 1.82) is 0 Å². The lowest BCUT2D eigenvalue weighted by molar-refractivity contribution is 0.0717. The number of carbonyl (C=O) groups is 1. The molecule has 1 aromatic rings. The maximum absolute atomic E-state index is 12.6. The number of oxime groups is 1. The van der Waals surface area contributed by atoms with Gasteiger partial charge in [0.1, 0.15) is 0 Å². The van der Waals surface area contributed by atoms with Crippen molar-refractivity contribution in [1.82, 2.24) is 4.90 Å². The third-order valence-corrected chi connectivity index (χ3v) is 5.60. The molecule has 1 aliphatic heterocycles. The van der Waals surface area contributed by atoms with E-state index in [-0.39, 0.29) is 16.5 Å². The van der Waals surface area contributed by atoms with E-state index in [0.717, 1.165) is 11.1 Å². The minimum absolute atomic E-state index is 0.0577. The number of piperidine rings is 1. The first-order chi connectivity index (χ1) is 10.0. The topological polar surface area (TPSA) is 78.9 Å². The van der Waals surface area contributed by atoms with Crippen LogP contribution in [0.4, 0.5) is 0 Å². The summed E-state index contributed by atoms with van der Waals surface area (Å²) in [6.45, 7) is 3.17. The van der Waals surface area contributed by atoms with Gasteiger partial charge in [0.05, 0.1) is 4.75 Å². The first-order valence-corrected chi connectivity index (χ1v) is 8.14. The van der Waals surface area contributed by atoms with E-state index in [0.29, 0.717) is 25.9 Å². The number of hydrogen-bond donors (Lipinski definition) is 2. The molecule has 0 bridgehead atoms. The minimum atomic E-state index is -0.364. The van der Waals surface area contributed by atoms with Gasteiger partial charge in [-0.1, -0.05) is 23.4 Å². The van der Waals surface area contributed by atoms with Crippen molar-refractivity contribution >= 4 is 23.5 Å². The van der Waals surface area contributed by atoms with Crippen molar-refractivity contribution in [2.45, 2.75) is 24.5 Å². The molecule has 21 heavy (non-hydrogen) atoms. The van der Waals surface area contributed by atoms with E-state index in [4.69, 9.17) is 10.9 Å². The highest BCUT2D eigenvalue weighted by Gasteiger charge is 2.39. The number of aryl methyl sites for hydroxylation is 1. The van der Waals surface area contributed by atoms with E-state index in [1.807, 2.05) is 42.3 Å². The molecule has 0 atom stereocenters. The fourth-order valence-electron chi connectivity index (χ4n) is 2.71. The second kappa shape index (κ2) is 6.39. The van der Waals surface area contributed by atoms with Crippen LogP contribution in [0.5, 0.6) is 0 Å². The van der Waals surface area contributed by atoms with Crippen LogP contribution in [0.2, 0.25) is 0 Å². The highest BCUT2D eigenvalue weighted by atomic mass is 32.2. The number of nitrogens with zero attached hydrogens (tertiary/aromatic N) is 2. The zero-order valence-corrected chi connectivity index (χ0v) is 13.2. The molecular weight excluding hydrogens is 286 g/mol. The Morgan fingerprint density at radius 2 is 2.00 bits per heavy atom. The number of thioether (sulfide) groups is 1. The summed E-state index contributed by atoms with van der Waals surface area (Å²) in [5.74, 6) is 0.306. The van der Waals surface area contributed by atoms with E-state index in [9.17, 15) is 4.79 Å². The van der Waals surface area contributed by atoms with Crippen LogP contribution in [-0.2, 0) is 0 Å². The molecule has 0 radical (unpaired) electrons. The van der Waals surface area contributed by atoms with Crippen molar-refractivity contribution in [3.05, 3.63) is 35.4 Å². The molecule has 6 heteroatoms. The molecule has 0 aromatic heterocycles. The van der Waals surface area contributed by atoms with Crippen LogP contribution in [-0.4, -0.2) is 45.9 Å². The first-order valence-electron chi connectivity index (χ1n) is 6.92. The highest BCUT2D eigenvalue weighted by molar-refractivity contribution is 8.00. The van der Waals surface area contributed by atoms with E-state index in [2.05, 4.69) is 5.16 Å². The molecule has 3 N–H and O–H groups in total. The number of carbonyl (C=O) groups excluding carboxylic acids is 1. The molecule has 1 saturated heterocycles. The molecule has 1 fully saturated rings. The second-order valence-corrected chi connectivity index (χ2v) is 6.48. The Labute approximate surface area is 129 Å². The summed E-state index contributed by atoms with van der Waals surface area (Å²) in [5.41, 5.74) is 7.56. The van der Waals surface area contributed by atoms with E-state index in [1.54, 1.807) is 11.8 Å². The monoisotopic (exact) mass is 307 g/mol. The summed E-state index contributed by atoms with van der Waals surface area (Å²) in [6, 6.07) is 7.61. The predicted octanol–water partition coefficient (Wildman–Crippen LogP) is 2.08. The van der Waals surface area contributed by atoms with Crippen LogP contribution in [0.1, 0.15) is 28.8 Å². The van der Waals surface area contributed by atoms with Crippen LogP contribution < -0.4 is 5.73 Å². The quantitative estimate of drug-likeness (QED) is 0.388. The van der Waals surface area contributed by atoms with Gasteiger partial charge in [-0.15, -0.1) is 0 Å². The number of nitrogens with two attached hydrogens (primary N) is 1. The summed E-state index contributed by atoms with van der Waals surface area (Å²) in [4.78, 5) is 14.4. The van der Waals surface area contributed by atoms with Gasteiger partial charge in [0, 0.05) is 18.7 Å². The van der Waals surface area contributed by atoms with Crippen LogP contribution >= 0.6 is 11.8 Å². The van der Waals surface area contributed by atoms with Crippen molar-refractivity contribution < 1.29 is 10.0 Å². The average molecular weight is 307 g/mol. The summed E-state index contributed by atoms with van der Waals surface area (Å²) in [7, 11) is 0. The lowest BCUT2D eigenvalue weighted by Crippen LogP contribution is -2.51. The smallest absolute Gasteiger partial charge is 0.254 e. The number of likely N-dealkylation sites (tertiary alicyclic amines) is 1. The standard InChI is InChI=1S/C15H21N3O2S/c1-11-5-3-4-6-12(11)13(19)18-9-7-15(21-2,8-10-18)14(16)17-20/h3-6,20H,7-10H2,1-2H3,(H2,16,17). The maximum Gasteiger partial charge on any atom is 0.254 e. The fourth-order valence-corrected chi connectivity index (χ4v) is 3.55. The van der Waals surface area contributed by atoms with Gasteiger partial charge in [-0.2, -0.15) is 11.8 Å². The summed E-state index contributed by atoms with van der Waals surface area (Å²) >= 11 is 1.58. The molecule has 1 heterocycles. The normalized spacial score (nSPS) is 18.6. The predicted molar refractivity (Wildman–Crippen MR) is 86.0 cm³/mol. The molecule has 0 saturated carbocycles. The molecular formula is C15H21N3O2S. The molecule has 0 unspecified atom stereocenters. The zero-order valence-electron chi connectivity index (χ0n) is 12.4. The van der Waals surface area contributed by atoms with Crippen LogP contribution in [0, 0.1) is 6.92 Å².